The van der Waals surface area contributed by atoms with Crippen molar-refractivity contribution in [2.24, 2.45) is 0 Å². The Morgan fingerprint density at radius 2 is 0.968 bits per heavy atom. The lowest BCUT2D eigenvalue weighted by molar-refractivity contribution is -0.135. The predicted molar refractivity (Wildman–Crippen MR) is 132 cm³/mol. The average molecular weight is 433 g/mol. The first kappa shape index (κ1) is 29.5. The molecule has 0 unspecified atom stereocenters. The zero-order valence-electron chi connectivity index (χ0n) is 20.5. The van der Waals surface area contributed by atoms with Crippen LogP contribution in [-0.2, 0) is 14.4 Å². The smallest absolute Gasteiger partial charge is 0.198 e. The average Bonchev–Trinajstić information content (AvgIpc) is 2.75. The van der Waals surface area contributed by atoms with Crippen LogP contribution in [0.15, 0.2) is 24.3 Å². The summed E-state index contributed by atoms with van der Waals surface area (Å²) >= 11 is 0. The molecule has 0 aliphatic rings. The molecule has 0 saturated heterocycles. The van der Waals surface area contributed by atoms with E-state index in [2.05, 4.69) is 31.2 Å². The van der Waals surface area contributed by atoms with Crippen LogP contribution in [0, 0.1) is 0 Å². The SMILES string of the molecule is CCCCCCCCCC=CCCC=CCCCC(=O)CCCCCCC(=O)C(C)=O. The Hall–Kier alpha value is -1.51. The van der Waals surface area contributed by atoms with E-state index >= 15 is 0 Å². The Kier molecular flexibility index (Phi) is 22.0. The van der Waals surface area contributed by atoms with E-state index in [1.165, 1.54) is 58.3 Å². The molecule has 0 N–H and O–H groups in total. The second-order valence-electron chi connectivity index (χ2n) is 8.75. The summed E-state index contributed by atoms with van der Waals surface area (Å²) in [6.07, 6.45) is 29.3. The van der Waals surface area contributed by atoms with Crippen LogP contribution in [0.5, 0.6) is 0 Å². The fourth-order valence-corrected chi connectivity index (χ4v) is 3.56. The highest BCUT2D eigenvalue weighted by atomic mass is 16.2. The van der Waals surface area contributed by atoms with Gasteiger partial charge in [-0.2, -0.15) is 0 Å². The third-order valence-corrected chi connectivity index (χ3v) is 5.64. The van der Waals surface area contributed by atoms with Gasteiger partial charge in [-0.3, -0.25) is 14.4 Å². The molecule has 0 rings (SSSR count). The number of unbranched alkanes of at least 4 members (excludes halogenated alkanes) is 12. The number of rotatable bonds is 23. The molecular weight excluding hydrogens is 384 g/mol. The molecule has 178 valence electrons. The third-order valence-electron chi connectivity index (χ3n) is 5.64. The van der Waals surface area contributed by atoms with E-state index in [4.69, 9.17) is 0 Å². The molecule has 0 aliphatic heterocycles. The molecule has 0 radical (unpaired) electrons. The molecular formula is C28H48O3. The fraction of sp³-hybridized carbons (Fsp3) is 0.750. The molecule has 0 spiro atoms. The number of hydrogen-bond donors (Lipinski definition) is 0. The van der Waals surface area contributed by atoms with Crippen molar-refractivity contribution in [1.29, 1.82) is 0 Å². The minimum atomic E-state index is -0.348. The zero-order valence-corrected chi connectivity index (χ0v) is 20.5. The molecule has 0 bridgehead atoms. The summed E-state index contributed by atoms with van der Waals surface area (Å²) in [6.45, 7) is 3.59. The lowest BCUT2D eigenvalue weighted by atomic mass is 10.0. The summed E-state index contributed by atoms with van der Waals surface area (Å²) in [7, 11) is 0. The second kappa shape index (κ2) is 23.2. The minimum absolute atomic E-state index is 0.274. The van der Waals surface area contributed by atoms with Gasteiger partial charge >= 0.3 is 0 Å². The second-order valence-corrected chi connectivity index (χ2v) is 8.75. The highest BCUT2D eigenvalue weighted by Gasteiger charge is 2.06. The molecule has 3 nitrogen and oxygen atoms in total. The van der Waals surface area contributed by atoms with Crippen molar-refractivity contribution in [1.82, 2.24) is 0 Å². The van der Waals surface area contributed by atoms with Crippen molar-refractivity contribution < 1.29 is 14.4 Å². The third kappa shape index (κ3) is 23.0. The Bertz CT molecular complexity index is 516. The number of allylic oxidation sites excluding steroid dienone is 4. The van der Waals surface area contributed by atoms with Gasteiger partial charge in [0, 0.05) is 26.2 Å². The molecule has 0 aliphatic carbocycles. The summed E-state index contributed by atoms with van der Waals surface area (Å²) in [6, 6.07) is 0. The van der Waals surface area contributed by atoms with E-state index in [0.29, 0.717) is 25.0 Å². The molecule has 0 aromatic heterocycles. The van der Waals surface area contributed by atoms with Crippen LogP contribution >= 0.6 is 0 Å². The first-order valence-corrected chi connectivity index (χ1v) is 12.9. The first-order chi connectivity index (χ1) is 15.1. The van der Waals surface area contributed by atoms with Crippen LogP contribution < -0.4 is 0 Å². The van der Waals surface area contributed by atoms with E-state index in [-0.39, 0.29) is 11.6 Å². The zero-order chi connectivity index (χ0) is 23.0. The maximum Gasteiger partial charge on any atom is 0.198 e. The van der Waals surface area contributed by atoms with E-state index in [1.807, 2.05) is 0 Å². The van der Waals surface area contributed by atoms with E-state index < -0.39 is 0 Å². The Labute approximate surface area is 192 Å². The molecule has 0 atom stereocenters. The molecule has 0 heterocycles. The van der Waals surface area contributed by atoms with Crippen LogP contribution in [0.25, 0.3) is 0 Å². The van der Waals surface area contributed by atoms with Crippen LogP contribution in [0.4, 0.5) is 0 Å². The van der Waals surface area contributed by atoms with Gasteiger partial charge in [0.2, 0.25) is 0 Å². The summed E-state index contributed by atoms with van der Waals surface area (Å²) in [5.74, 6) is -0.273. The Morgan fingerprint density at radius 1 is 0.516 bits per heavy atom. The van der Waals surface area contributed by atoms with Gasteiger partial charge in [0.25, 0.3) is 0 Å². The van der Waals surface area contributed by atoms with Gasteiger partial charge < -0.3 is 0 Å². The van der Waals surface area contributed by atoms with Gasteiger partial charge in [-0.25, -0.2) is 0 Å². The van der Waals surface area contributed by atoms with Crippen molar-refractivity contribution in [2.45, 2.75) is 136 Å². The molecule has 0 amide bonds. The van der Waals surface area contributed by atoms with Crippen molar-refractivity contribution >= 4 is 17.3 Å². The summed E-state index contributed by atoms with van der Waals surface area (Å²) in [5, 5.41) is 0. The lowest BCUT2D eigenvalue weighted by Gasteiger charge is -2.01. The summed E-state index contributed by atoms with van der Waals surface area (Å²) in [5.41, 5.74) is 0. The summed E-state index contributed by atoms with van der Waals surface area (Å²) < 4.78 is 0. The number of Topliss-reactive ketones (excluding diaryl/α,β-unsaturated/α-hetero) is 3. The van der Waals surface area contributed by atoms with Gasteiger partial charge in [0.15, 0.2) is 11.6 Å². The largest absolute Gasteiger partial charge is 0.300 e. The van der Waals surface area contributed by atoms with Crippen molar-refractivity contribution in [3.63, 3.8) is 0 Å². The van der Waals surface area contributed by atoms with Crippen LogP contribution in [0.1, 0.15) is 136 Å². The topological polar surface area (TPSA) is 51.2 Å². The Morgan fingerprint density at radius 3 is 1.58 bits per heavy atom. The van der Waals surface area contributed by atoms with Gasteiger partial charge in [-0.05, 0) is 51.4 Å². The van der Waals surface area contributed by atoms with E-state index in [0.717, 1.165) is 51.4 Å². The van der Waals surface area contributed by atoms with Crippen LogP contribution in [0.2, 0.25) is 0 Å². The van der Waals surface area contributed by atoms with E-state index in [1.54, 1.807) is 0 Å². The monoisotopic (exact) mass is 432 g/mol. The molecule has 0 aromatic rings. The van der Waals surface area contributed by atoms with Gasteiger partial charge in [-0.15, -0.1) is 0 Å². The summed E-state index contributed by atoms with van der Waals surface area (Å²) in [4.78, 5) is 33.9. The van der Waals surface area contributed by atoms with Crippen LogP contribution in [0.3, 0.4) is 0 Å². The van der Waals surface area contributed by atoms with Gasteiger partial charge in [0.1, 0.15) is 5.78 Å². The maximum atomic E-state index is 11.9. The Balaban J connectivity index is 3.38. The number of ketones is 3. The highest BCUT2D eigenvalue weighted by molar-refractivity contribution is 6.36. The van der Waals surface area contributed by atoms with Crippen molar-refractivity contribution in [3.05, 3.63) is 24.3 Å². The molecule has 0 saturated carbocycles. The van der Waals surface area contributed by atoms with Gasteiger partial charge in [0.05, 0.1) is 0 Å². The number of carbonyl (C=O) groups is 3. The number of carbonyl (C=O) groups excluding carboxylic acids is 3. The maximum absolute atomic E-state index is 11.9. The molecule has 0 fully saturated rings. The molecule has 0 aromatic carbocycles. The standard InChI is InChI=1S/C28H48O3/c1-3-4-5-6-7-8-9-10-11-12-13-14-15-16-17-20-23-27(30)24-21-18-19-22-25-28(31)26(2)29/h11-12,15-16H,3-10,13-14,17-25H2,1-2H3. The van der Waals surface area contributed by atoms with E-state index in [9.17, 15) is 14.4 Å². The van der Waals surface area contributed by atoms with Crippen molar-refractivity contribution in [3.8, 4) is 0 Å². The molecule has 31 heavy (non-hydrogen) atoms. The lowest BCUT2D eigenvalue weighted by Crippen LogP contribution is -2.08. The molecule has 3 heteroatoms. The predicted octanol–water partition coefficient (Wildman–Crippen LogP) is 8.26. The normalized spacial score (nSPS) is 11.5. The quantitative estimate of drug-likeness (QED) is 0.0927. The number of hydrogen-bond acceptors (Lipinski definition) is 3. The minimum Gasteiger partial charge on any atom is -0.300 e. The van der Waals surface area contributed by atoms with Crippen LogP contribution in [-0.4, -0.2) is 17.3 Å². The first-order valence-electron chi connectivity index (χ1n) is 12.9. The highest BCUT2D eigenvalue weighted by Crippen LogP contribution is 2.10. The fourth-order valence-electron chi connectivity index (χ4n) is 3.56. The van der Waals surface area contributed by atoms with Crippen molar-refractivity contribution in [2.75, 3.05) is 0 Å². The van der Waals surface area contributed by atoms with Gasteiger partial charge in [-0.1, -0.05) is 82.6 Å².